The molecule has 0 unspecified atom stereocenters. The van der Waals surface area contributed by atoms with Crippen molar-refractivity contribution >= 4 is 5.97 Å². The Labute approximate surface area is 126 Å². The Hall–Kier alpha value is -1.36. The molecular formula is C16H25N3O2. The fraction of sp³-hybridized carbons (Fsp3) is 0.750. The van der Waals surface area contributed by atoms with Crippen LogP contribution in [0.25, 0.3) is 0 Å². The predicted molar refractivity (Wildman–Crippen MR) is 80.0 cm³/mol. The van der Waals surface area contributed by atoms with Crippen LogP contribution in [0.15, 0.2) is 12.5 Å². The summed E-state index contributed by atoms with van der Waals surface area (Å²) in [6.45, 7) is 0.795. The first-order chi connectivity index (χ1) is 10.1. The average Bonchev–Trinajstić information content (AvgIpc) is 3.19. The molecule has 1 heterocycles. The van der Waals surface area contributed by atoms with E-state index >= 15 is 0 Å². The van der Waals surface area contributed by atoms with E-state index in [0.717, 1.165) is 32.2 Å². The number of rotatable bonds is 6. The van der Waals surface area contributed by atoms with Crippen LogP contribution in [-0.4, -0.2) is 38.1 Å². The highest BCUT2D eigenvalue weighted by atomic mass is 16.4. The highest BCUT2D eigenvalue weighted by Crippen LogP contribution is 2.39. The minimum atomic E-state index is -0.681. The molecule has 2 aliphatic rings. The molecule has 3 rings (SSSR count). The van der Waals surface area contributed by atoms with Gasteiger partial charge in [0.25, 0.3) is 0 Å². The predicted octanol–water partition coefficient (Wildman–Crippen LogP) is 2.83. The van der Waals surface area contributed by atoms with Crippen molar-refractivity contribution in [2.45, 2.75) is 69.5 Å². The molecular weight excluding hydrogens is 266 g/mol. The number of nitrogens with zero attached hydrogens (tertiary/aromatic N) is 3. The van der Waals surface area contributed by atoms with Crippen LogP contribution in [0.2, 0.25) is 0 Å². The molecule has 0 atom stereocenters. The van der Waals surface area contributed by atoms with E-state index in [-0.39, 0.29) is 12.0 Å². The zero-order chi connectivity index (χ0) is 14.9. The average molecular weight is 291 g/mol. The van der Waals surface area contributed by atoms with Gasteiger partial charge in [0.1, 0.15) is 0 Å². The Morgan fingerprint density at radius 1 is 1.43 bits per heavy atom. The summed E-state index contributed by atoms with van der Waals surface area (Å²) in [6, 6.07) is 0.623. The first kappa shape index (κ1) is 14.6. The number of aromatic nitrogens is 2. The molecule has 0 saturated heterocycles. The summed E-state index contributed by atoms with van der Waals surface area (Å²) in [5.74, 6) is -0.681. The topological polar surface area (TPSA) is 58.4 Å². The second-order valence-electron chi connectivity index (χ2n) is 6.74. The Morgan fingerprint density at radius 2 is 2.14 bits per heavy atom. The second-order valence-corrected chi connectivity index (χ2v) is 6.74. The normalized spacial score (nSPS) is 21.6. The van der Waals surface area contributed by atoms with Crippen LogP contribution in [0.3, 0.4) is 0 Å². The van der Waals surface area contributed by atoms with Crippen LogP contribution < -0.4 is 0 Å². The number of aliphatic carboxylic acids is 1. The SMILES string of the molecule is CN(Cc1cncn1C1CC1)C1(CC(=O)O)CCCCC1. The van der Waals surface area contributed by atoms with Gasteiger partial charge in [0.2, 0.25) is 0 Å². The quantitative estimate of drug-likeness (QED) is 0.875. The Bertz CT molecular complexity index is 501. The van der Waals surface area contributed by atoms with Gasteiger partial charge in [-0.1, -0.05) is 19.3 Å². The number of imidazole rings is 1. The molecule has 0 spiro atoms. The molecule has 2 saturated carbocycles. The number of carboxylic acid groups (broad SMARTS) is 1. The first-order valence-electron chi connectivity index (χ1n) is 8.04. The Balaban J connectivity index is 1.75. The van der Waals surface area contributed by atoms with Gasteiger partial charge in [-0.05, 0) is 32.7 Å². The fourth-order valence-electron chi connectivity index (χ4n) is 3.73. The van der Waals surface area contributed by atoms with Crippen LogP contribution in [-0.2, 0) is 11.3 Å². The van der Waals surface area contributed by atoms with Crippen molar-refractivity contribution in [3.63, 3.8) is 0 Å². The molecule has 1 aromatic rings. The van der Waals surface area contributed by atoms with Gasteiger partial charge in [0, 0.05) is 24.3 Å². The molecule has 0 bridgehead atoms. The van der Waals surface area contributed by atoms with E-state index in [2.05, 4.69) is 21.5 Å². The van der Waals surface area contributed by atoms with Crippen molar-refractivity contribution in [2.75, 3.05) is 7.05 Å². The van der Waals surface area contributed by atoms with E-state index in [4.69, 9.17) is 0 Å². The molecule has 2 fully saturated rings. The van der Waals surface area contributed by atoms with Crippen molar-refractivity contribution in [3.8, 4) is 0 Å². The largest absolute Gasteiger partial charge is 0.481 e. The van der Waals surface area contributed by atoms with Crippen molar-refractivity contribution in [1.82, 2.24) is 14.5 Å². The van der Waals surface area contributed by atoms with Crippen LogP contribution in [0.1, 0.15) is 63.1 Å². The molecule has 0 aliphatic heterocycles. The Morgan fingerprint density at radius 3 is 2.76 bits per heavy atom. The molecule has 0 aromatic carbocycles. The summed E-state index contributed by atoms with van der Waals surface area (Å²) in [7, 11) is 2.08. The zero-order valence-electron chi connectivity index (χ0n) is 12.8. The summed E-state index contributed by atoms with van der Waals surface area (Å²) in [4.78, 5) is 17.9. The van der Waals surface area contributed by atoms with E-state index in [1.807, 2.05) is 12.5 Å². The number of hydrogen-bond donors (Lipinski definition) is 1. The number of carbonyl (C=O) groups is 1. The van der Waals surface area contributed by atoms with Crippen molar-refractivity contribution < 1.29 is 9.90 Å². The number of carboxylic acids is 1. The maximum absolute atomic E-state index is 11.3. The second kappa shape index (κ2) is 5.79. The maximum atomic E-state index is 11.3. The van der Waals surface area contributed by atoms with Gasteiger partial charge >= 0.3 is 5.97 Å². The van der Waals surface area contributed by atoms with Crippen LogP contribution in [0.4, 0.5) is 0 Å². The minimum Gasteiger partial charge on any atom is -0.481 e. The lowest BCUT2D eigenvalue weighted by atomic mass is 9.78. The smallest absolute Gasteiger partial charge is 0.305 e. The molecule has 1 N–H and O–H groups in total. The fourth-order valence-corrected chi connectivity index (χ4v) is 3.73. The minimum absolute atomic E-state index is 0.178. The van der Waals surface area contributed by atoms with E-state index < -0.39 is 5.97 Å². The van der Waals surface area contributed by atoms with Gasteiger partial charge < -0.3 is 9.67 Å². The standard InChI is InChI=1S/C16H25N3O2/c1-18(11-14-10-17-12-19(14)13-5-6-13)16(9-15(20)21)7-3-2-4-8-16/h10,12-13H,2-9,11H2,1H3,(H,20,21). The number of hydrogen-bond acceptors (Lipinski definition) is 3. The molecule has 5 heteroatoms. The molecule has 5 nitrogen and oxygen atoms in total. The Kier molecular flexibility index (Phi) is 4.02. The molecule has 0 radical (unpaired) electrons. The lowest BCUT2D eigenvalue weighted by Gasteiger charge is -2.44. The van der Waals surface area contributed by atoms with Crippen molar-refractivity contribution in [1.29, 1.82) is 0 Å². The van der Waals surface area contributed by atoms with Gasteiger partial charge in [-0.3, -0.25) is 9.69 Å². The highest BCUT2D eigenvalue weighted by Gasteiger charge is 2.38. The third kappa shape index (κ3) is 3.12. The zero-order valence-corrected chi connectivity index (χ0v) is 12.8. The summed E-state index contributed by atoms with van der Waals surface area (Å²) >= 11 is 0. The molecule has 2 aliphatic carbocycles. The maximum Gasteiger partial charge on any atom is 0.305 e. The third-order valence-corrected chi connectivity index (χ3v) is 5.16. The molecule has 21 heavy (non-hydrogen) atoms. The molecule has 116 valence electrons. The third-order valence-electron chi connectivity index (χ3n) is 5.16. The summed E-state index contributed by atoms with van der Waals surface area (Å²) in [5, 5.41) is 9.31. The van der Waals surface area contributed by atoms with Crippen LogP contribution in [0, 0.1) is 0 Å². The van der Waals surface area contributed by atoms with E-state index in [1.165, 1.54) is 25.0 Å². The summed E-state index contributed by atoms with van der Waals surface area (Å²) < 4.78 is 2.27. The van der Waals surface area contributed by atoms with Gasteiger partial charge in [-0.25, -0.2) is 4.98 Å². The lowest BCUT2D eigenvalue weighted by Crippen LogP contribution is -2.49. The van der Waals surface area contributed by atoms with E-state index in [0.29, 0.717) is 6.04 Å². The summed E-state index contributed by atoms with van der Waals surface area (Å²) in [6.07, 6.45) is 12.1. The van der Waals surface area contributed by atoms with Gasteiger partial charge in [0.15, 0.2) is 0 Å². The van der Waals surface area contributed by atoms with Crippen molar-refractivity contribution in [3.05, 3.63) is 18.2 Å². The molecule has 1 aromatic heterocycles. The van der Waals surface area contributed by atoms with Gasteiger partial charge in [0.05, 0.1) is 18.4 Å². The monoisotopic (exact) mass is 291 g/mol. The van der Waals surface area contributed by atoms with Crippen LogP contribution in [0.5, 0.6) is 0 Å². The summed E-state index contributed by atoms with van der Waals surface area (Å²) in [5.41, 5.74) is 1.04. The van der Waals surface area contributed by atoms with E-state index in [1.54, 1.807) is 0 Å². The van der Waals surface area contributed by atoms with Gasteiger partial charge in [-0.15, -0.1) is 0 Å². The molecule has 0 amide bonds. The van der Waals surface area contributed by atoms with Crippen molar-refractivity contribution in [2.24, 2.45) is 0 Å². The van der Waals surface area contributed by atoms with Crippen LogP contribution >= 0.6 is 0 Å². The van der Waals surface area contributed by atoms with E-state index in [9.17, 15) is 9.90 Å². The highest BCUT2D eigenvalue weighted by molar-refractivity contribution is 5.68. The lowest BCUT2D eigenvalue weighted by molar-refractivity contribution is -0.141. The van der Waals surface area contributed by atoms with Gasteiger partial charge in [-0.2, -0.15) is 0 Å². The first-order valence-corrected chi connectivity index (χ1v) is 8.04.